The van der Waals surface area contributed by atoms with Crippen LogP contribution < -0.4 is 16.6 Å². The quantitative estimate of drug-likeness (QED) is 0.872. The fraction of sp³-hybridized carbons (Fsp3) is 0.375. The summed E-state index contributed by atoms with van der Waals surface area (Å²) < 4.78 is 8.11. The van der Waals surface area contributed by atoms with E-state index in [0.29, 0.717) is 24.1 Å². The van der Waals surface area contributed by atoms with E-state index >= 15 is 0 Å². The summed E-state index contributed by atoms with van der Waals surface area (Å²) in [6, 6.07) is 7.12. The molecule has 3 rings (SSSR count). The molecule has 1 fully saturated rings. The Bertz CT molecular complexity index is 811. The van der Waals surface area contributed by atoms with E-state index < -0.39 is 0 Å². The standard InChI is InChI=1S/C16H19N3O3/c1-18-14-5-3-2-4-13(14)15(20)19(16(18)21)8-6-12-10-17-7-9-22-11-12/h2-6,8,12,17H,7,9-11H2,1H3. The minimum absolute atomic E-state index is 0.144. The lowest BCUT2D eigenvalue weighted by Gasteiger charge is -2.10. The van der Waals surface area contributed by atoms with Gasteiger partial charge in [-0.05, 0) is 12.1 Å². The third kappa shape index (κ3) is 2.75. The van der Waals surface area contributed by atoms with Crippen molar-refractivity contribution >= 4 is 17.1 Å². The second-order valence-corrected chi connectivity index (χ2v) is 5.41. The number of rotatable bonds is 2. The molecule has 0 saturated carbocycles. The van der Waals surface area contributed by atoms with Crippen LogP contribution in [0.3, 0.4) is 0 Å². The van der Waals surface area contributed by atoms with Gasteiger partial charge in [0.05, 0.1) is 24.1 Å². The van der Waals surface area contributed by atoms with Crippen molar-refractivity contribution in [3.8, 4) is 0 Å². The van der Waals surface area contributed by atoms with E-state index in [2.05, 4.69) is 5.32 Å². The molecule has 116 valence electrons. The van der Waals surface area contributed by atoms with Crippen molar-refractivity contribution in [2.75, 3.05) is 26.3 Å². The van der Waals surface area contributed by atoms with Crippen LogP contribution in [0.25, 0.3) is 17.1 Å². The number of aromatic nitrogens is 2. The molecule has 2 heterocycles. The van der Waals surface area contributed by atoms with Crippen LogP contribution in [0.15, 0.2) is 39.9 Å². The fourth-order valence-electron chi connectivity index (χ4n) is 2.62. The van der Waals surface area contributed by atoms with Crippen molar-refractivity contribution in [3.05, 3.63) is 51.2 Å². The molecule has 1 aromatic heterocycles. The zero-order valence-electron chi connectivity index (χ0n) is 12.5. The lowest BCUT2D eigenvalue weighted by atomic mass is 10.1. The first-order valence-corrected chi connectivity index (χ1v) is 7.35. The Morgan fingerprint density at radius 2 is 2.14 bits per heavy atom. The Kier molecular flexibility index (Phi) is 4.22. The fourth-order valence-corrected chi connectivity index (χ4v) is 2.62. The van der Waals surface area contributed by atoms with E-state index in [0.717, 1.165) is 17.7 Å². The molecule has 2 aromatic rings. The summed E-state index contributed by atoms with van der Waals surface area (Å²) in [6.07, 6.45) is 3.42. The van der Waals surface area contributed by atoms with Gasteiger partial charge in [0, 0.05) is 32.3 Å². The third-order valence-electron chi connectivity index (χ3n) is 3.88. The molecule has 0 radical (unpaired) electrons. The van der Waals surface area contributed by atoms with Crippen LogP contribution in [0.2, 0.25) is 0 Å². The monoisotopic (exact) mass is 301 g/mol. The van der Waals surface area contributed by atoms with Crippen LogP contribution in [0.5, 0.6) is 0 Å². The number of benzene rings is 1. The zero-order valence-corrected chi connectivity index (χ0v) is 12.5. The van der Waals surface area contributed by atoms with E-state index in [9.17, 15) is 9.59 Å². The van der Waals surface area contributed by atoms with Crippen LogP contribution in [0.4, 0.5) is 0 Å². The molecule has 1 aliphatic heterocycles. The van der Waals surface area contributed by atoms with Gasteiger partial charge in [-0.3, -0.25) is 9.36 Å². The zero-order chi connectivity index (χ0) is 15.5. The summed E-state index contributed by atoms with van der Waals surface area (Å²) in [5.74, 6) is 0.144. The number of hydrogen-bond acceptors (Lipinski definition) is 4. The average Bonchev–Trinajstić information content (AvgIpc) is 2.81. The molecular formula is C16H19N3O3. The van der Waals surface area contributed by atoms with Crippen LogP contribution in [-0.2, 0) is 11.8 Å². The van der Waals surface area contributed by atoms with Gasteiger partial charge in [-0.15, -0.1) is 0 Å². The third-order valence-corrected chi connectivity index (χ3v) is 3.88. The number of ether oxygens (including phenoxy) is 1. The van der Waals surface area contributed by atoms with Crippen molar-refractivity contribution in [2.24, 2.45) is 13.0 Å². The Morgan fingerprint density at radius 3 is 3.00 bits per heavy atom. The molecule has 6 heteroatoms. The Labute approximate surface area is 127 Å². The Balaban J connectivity index is 2.03. The first-order chi connectivity index (χ1) is 10.7. The maximum atomic E-state index is 12.5. The molecule has 1 atom stereocenters. The van der Waals surface area contributed by atoms with Gasteiger partial charge in [0.1, 0.15) is 0 Å². The number of aryl methyl sites for hydroxylation is 1. The molecule has 6 nitrogen and oxygen atoms in total. The van der Waals surface area contributed by atoms with Gasteiger partial charge in [-0.1, -0.05) is 18.2 Å². The molecule has 0 aliphatic carbocycles. The van der Waals surface area contributed by atoms with Gasteiger partial charge in [0.25, 0.3) is 5.56 Å². The maximum Gasteiger partial charge on any atom is 0.335 e. The van der Waals surface area contributed by atoms with Crippen LogP contribution in [-0.4, -0.2) is 35.4 Å². The van der Waals surface area contributed by atoms with Crippen molar-refractivity contribution in [1.82, 2.24) is 14.5 Å². The van der Waals surface area contributed by atoms with E-state index in [-0.39, 0.29) is 17.2 Å². The molecule has 0 bridgehead atoms. The minimum atomic E-state index is -0.345. The van der Waals surface area contributed by atoms with Crippen molar-refractivity contribution < 1.29 is 4.74 Å². The van der Waals surface area contributed by atoms with Gasteiger partial charge in [0.15, 0.2) is 0 Å². The van der Waals surface area contributed by atoms with Gasteiger partial charge in [-0.2, -0.15) is 0 Å². The highest BCUT2D eigenvalue weighted by atomic mass is 16.5. The van der Waals surface area contributed by atoms with Gasteiger partial charge in [0.2, 0.25) is 0 Å². The lowest BCUT2D eigenvalue weighted by molar-refractivity contribution is 0.135. The normalized spacial score (nSPS) is 19.6. The highest BCUT2D eigenvalue weighted by Crippen LogP contribution is 2.06. The van der Waals surface area contributed by atoms with E-state index in [1.54, 1.807) is 31.4 Å². The van der Waals surface area contributed by atoms with Crippen LogP contribution >= 0.6 is 0 Å². The molecule has 1 saturated heterocycles. The second-order valence-electron chi connectivity index (χ2n) is 5.41. The molecule has 1 aliphatic rings. The molecule has 22 heavy (non-hydrogen) atoms. The lowest BCUT2D eigenvalue weighted by Crippen LogP contribution is -2.36. The average molecular weight is 301 g/mol. The van der Waals surface area contributed by atoms with Crippen molar-refractivity contribution in [3.63, 3.8) is 0 Å². The highest BCUT2D eigenvalue weighted by Gasteiger charge is 2.11. The topological polar surface area (TPSA) is 65.3 Å². The predicted molar refractivity (Wildman–Crippen MR) is 86.0 cm³/mol. The van der Waals surface area contributed by atoms with Gasteiger partial charge >= 0.3 is 5.69 Å². The number of nitrogens with one attached hydrogen (secondary N) is 1. The molecule has 0 spiro atoms. The number of para-hydroxylation sites is 1. The van der Waals surface area contributed by atoms with E-state index in [1.807, 2.05) is 12.1 Å². The number of nitrogens with zero attached hydrogens (tertiary/aromatic N) is 2. The largest absolute Gasteiger partial charge is 0.379 e. The molecule has 1 aromatic carbocycles. The number of hydrogen-bond donors (Lipinski definition) is 1. The summed E-state index contributed by atoms with van der Waals surface area (Å²) in [6.45, 7) is 2.87. The smallest absolute Gasteiger partial charge is 0.335 e. The highest BCUT2D eigenvalue weighted by molar-refractivity contribution is 5.78. The second kappa shape index (κ2) is 6.29. The molecule has 0 amide bonds. The summed E-state index contributed by atoms with van der Waals surface area (Å²) in [5, 5.41) is 3.79. The predicted octanol–water partition coefficient (Wildman–Crippen LogP) is 0.407. The first-order valence-electron chi connectivity index (χ1n) is 7.35. The van der Waals surface area contributed by atoms with Gasteiger partial charge in [-0.25, -0.2) is 9.36 Å². The first kappa shape index (κ1) is 14.7. The van der Waals surface area contributed by atoms with Crippen LogP contribution in [0.1, 0.15) is 0 Å². The van der Waals surface area contributed by atoms with Gasteiger partial charge < -0.3 is 10.1 Å². The summed E-state index contributed by atoms with van der Waals surface area (Å²) >= 11 is 0. The van der Waals surface area contributed by atoms with Crippen molar-refractivity contribution in [1.29, 1.82) is 0 Å². The van der Waals surface area contributed by atoms with Crippen LogP contribution in [0, 0.1) is 5.92 Å². The van der Waals surface area contributed by atoms with E-state index in [1.165, 1.54) is 4.57 Å². The van der Waals surface area contributed by atoms with Crippen molar-refractivity contribution in [2.45, 2.75) is 0 Å². The Hall–Kier alpha value is -2.18. The number of fused-ring (bicyclic) bond motifs is 1. The minimum Gasteiger partial charge on any atom is -0.379 e. The molecule has 1 N–H and O–H groups in total. The summed E-state index contributed by atoms with van der Waals surface area (Å²) in [5.41, 5.74) is 0.00140. The summed E-state index contributed by atoms with van der Waals surface area (Å²) in [4.78, 5) is 24.9. The summed E-state index contributed by atoms with van der Waals surface area (Å²) in [7, 11) is 1.67. The van der Waals surface area contributed by atoms with E-state index in [4.69, 9.17) is 4.74 Å². The molecule has 1 unspecified atom stereocenters. The Morgan fingerprint density at radius 1 is 1.32 bits per heavy atom. The maximum absolute atomic E-state index is 12.5. The molecular weight excluding hydrogens is 282 g/mol. The SMILES string of the molecule is Cn1c(=O)n(C=CC2CNCCOC2)c(=O)c2ccccc21.